The molecule has 4 aromatic rings. The Morgan fingerprint density at radius 3 is 2.75 bits per heavy atom. The van der Waals surface area contributed by atoms with Gasteiger partial charge in [0.1, 0.15) is 17.1 Å². The summed E-state index contributed by atoms with van der Waals surface area (Å²) in [7, 11) is 1.52. The Bertz CT molecular complexity index is 1160. The lowest BCUT2D eigenvalue weighted by molar-refractivity contribution is -0.114. The Morgan fingerprint density at radius 1 is 1.18 bits per heavy atom. The highest BCUT2D eigenvalue weighted by Crippen LogP contribution is 2.30. The molecule has 0 saturated heterocycles. The number of benzene rings is 1. The number of hydrogen-bond donors (Lipinski definition) is 2. The van der Waals surface area contributed by atoms with Crippen LogP contribution in [0.5, 0.6) is 5.75 Å². The third-order valence-corrected chi connectivity index (χ3v) is 5.72. The number of methoxy groups -OCH3 is 1. The highest BCUT2D eigenvalue weighted by atomic mass is 32.1. The lowest BCUT2D eigenvalue weighted by Gasteiger charge is -2.12. The summed E-state index contributed by atoms with van der Waals surface area (Å²) in [4.78, 5) is 30.6. The fourth-order valence-corrected chi connectivity index (χ4v) is 4.30. The summed E-state index contributed by atoms with van der Waals surface area (Å²) in [5.41, 5.74) is 2.35. The lowest BCUT2D eigenvalue weighted by atomic mass is 10.2. The minimum atomic E-state index is -0.292. The van der Waals surface area contributed by atoms with Crippen LogP contribution in [0.2, 0.25) is 0 Å². The van der Waals surface area contributed by atoms with Crippen LogP contribution in [0.1, 0.15) is 17.4 Å². The number of fused-ring (bicyclic) bond motifs is 1. The molecule has 0 atom stereocenters. The number of thiazole rings is 1. The monoisotopic (exact) mass is 412 g/mol. The average molecular weight is 412 g/mol. The second-order valence-corrected chi connectivity index (χ2v) is 7.71. The standard InChI is InChI=1S/C19H16N4O3S2/c1-11(24)20-12-5-6-16(26-2)13(8-12)21-18(25)15-10-28-19-22-14(9-23(15)19)17-4-3-7-27-17/h3-10H,1-2H3,(H,20,24)(H,21,25). The van der Waals surface area contributed by atoms with E-state index >= 15 is 0 Å². The quantitative estimate of drug-likeness (QED) is 0.511. The molecule has 0 bridgehead atoms. The zero-order valence-corrected chi connectivity index (χ0v) is 16.7. The van der Waals surface area contributed by atoms with Crippen LogP contribution in [0.4, 0.5) is 11.4 Å². The number of imidazole rings is 1. The molecule has 9 heteroatoms. The predicted molar refractivity (Wildman–Crippen MR) is 112 cm³/mol. The van der Waals surface area contributed by atoms with Crippen molar-refractivity contribution in [2.75, 3.05) is 17.7 Å². The zero-order valence-electron chi connectivity index (χ0n) is 15.1. The van der Waals surface area contributed by atoms with Gasteiger partial charge in [0.25, 0.3) is 5.91 Å². The third-order valence-electron chi connectivity index (χ3n) is 3.98. The molecule has 2 amide bonds. The number of carbonyl (C=O) groups excluding carboxylic acids is 2. The topological polar surface area (TPSA) is 84.7 Å². The molecule has 0 aliphatic rings. The van der Waals surface area contributed by atoms with Crippen molar-refractivity contribution in [1.29, 1.82) is 0 Å². The van der Waals surface area contributed by atoms with Gasteiger partial charge in [0, 0.05) is 24.2 Å². The van der Waals surface area contributed by atoms with Gasteiger partial charge in [-0.3, -0.25) is 14.0 Å². The van der Waals surface area contributed by atoms with E-state index in [0.29, 0.717) is 22.8 Å². The van der Waals surface area contributed by atoms with Crippen molar-refractivity contribution >= 4 is 50.8 Å². The number of amides is 2. The molecule has 142 valence electrons. The summed E-state index contributed by atoms with van der Waals surface area (Å²) >= 11 is 3.00. The summed E-state index contributed by atoms with van der Waals surface area (Å²) in [6.07, 6.45) is 1.86. The number of thiophene rings is 1. The van der Waals surface area contributed by atoms with E-state index < -0.39 is 0 Å². The van der Waals surface area contributed by atoms with Crippen molar-refractivity contribution in [3.63, 3.8) is 0 Å². The fraction of sp³-hybridized carbons (Fsp3) is 0.105. The average Bonchev–Trinajstić information content (AvgIpc) is 3.37. The van der Waals surface area contributed by atoms with E-state index in [0.717, 1.165) is 15.5 Å². The van der Waals surface area contributed by atoms with E-state index in [-0.39, 0.29) is 11.8 Å². The normalized spacial score (nSPS) is 10.8. The van der Waals surface area contributed by atoms with Crippen LogP contribution >= 0.6 is 22.7 Å². The summed E-state index contributed by atoms with van der Waals surface area (Å²) in [6, 6.07) is 9.02. The number of rotatable bonds is 5. The van der Waals surface area contributed by atoms with E-state index in [4.69, 9.17) is 4.74 Å². The summed E-state index contributed by atoms with van der Waals surface area (Å²) in [6.45, 7) is 1.43. The Balaban J connectivity index is 1.64. The molecular formula is C19H16N4O3S2. The van der Waals surface area contributed by atoms with Crippen LogP contribution in [0, 0.1) is 0 Å². The van der Waals surface area contributed by atoms with E-state index in [1.807, 2.05) is 23.7 Å². The second-order valence-electron chi connectivity index (χ2n) is 5.93. The van der Waals surface area contributed by atoms with Gasteiger partial charge >= 0.3 is 0 Å². The highest BCUT2D eigenvalue weighted by Gasteiger charge is 2.17. The molecule has 0 unspecified atom stereocenters. The molecule has 7 nitrogen and oxygen atoms in total. The molecule has 0 saturated carbocycles. The van der Waals surface area contributed by atoms with Gasteiger partial charge < -0.3 is 15.4 Å². The Hall–Kier alpha value is -3.17. The van der Waals surface area contributed by atoms with Crippen LogP contribution in [0.3, 0.4) is 0 Å². The highest BCUT2D eigenvalue weighted by molar-refractivity contribution is 7.15. The van der Waals surface area contributed by atoms with Gasteiger partial charge in [0.15, 0.2) is 4.96 Å². The van der Waals surface area contributed by atoms with Gasteiger partial charge in [-0.1, -0.05) is 6.07 Å². The van der Waals surface area contributed by atoms with Crippen molar-refractivity contribution in [3.8, 4) is 16.3 Å². The molecule has 1 aromatic carbocycles. The van der Waals surface area contributed by atoms with Crippen LogP contribution < -0.4 is 15.4 Å². The maximum absolute atomic E-state index is 12.9. The molecule has 3 aromatic heterocycles. The molecule has 4 rings (SSSR count). The molecule has 3 heterocycles. The number of ether oxygens (including phenoxy) is 1. The predicted octanol–water partition coefficient (Wildman–Crippen LogP) is 4.34. The first-order chi connectivity index (χ1) is 13.5. The van der Waals surface area contributed by atoms with Gasteiger partial charge in [-0.25, -0.2) is 4.98 Å². The van der Waals surface area contributed by atoms with Gasteiger partial charge in [-0.05, 0) is 29.6 Å². The van der Waals surface area contributed by atoms with Gasteiger partial charge in [0.2, 0.25) is 5.91 Å². The Labute approximate surface area is 168 Å². The molecule has 0 spiro atoms. The molecule has 28 heavy (non-hydrogen) atoms. The summed E-state index contributed by atoms with van der Waals surface area (Å²) in [5, 5.41) is 9.31. The van der Waals surface area contributed by atoms with E-state index in [1.165, 1.54) is 25.4 Å². The molecular weight excluding hydrogens is 396 g/mol. The fourth-order valence-electron chi connectivity index (χ4n) is 2.76. The van der Waals surface area contributed by atoms with Crippen molar-refractivity contribution in [2.45, 2.75) is 6.92 Å². The second kappa shape index (κ2) is 7.45. The summed E-state index contributed by atoms with van der Waals surface area (Å²) < 4.78 is 7.10. The minimum absolute atomic E-state index is 0.193. The smallest absolute Gasteiger partial charge is 0.273 e. The first-order valence-corrected chi connectivity index (χ1v) is 10.1. The van der Waals surface area contributed by atoms with Crippen molar-refractivity contribution in [1.82, 2.24) is 9.38 Å². The maximum Gasteiger partial charge on any atom is 0.273 e. The molecule has 0 aliphatic carbocycles. The number of anilines is 2. The van der Waals surface area contributed by atoms with E-state index in [1.54, 1.807) is 39.3 Å². The van der Waals surface area contributed by atoms with E-state index in [2.05, 4.69) is 15.6 Å². The molecule has 0 radical (unpaired) electrons. The molecule has 0 fully saturated rings. The zero-order chi connectivity index (χ0) is 19.7. The van der Waals surface area contributed by atoms with Crippen molar-refractivity contribution in [2.24, 2.45) is 0 Å². The van der Waals surface area contributed by atoms with Crippen LogP contribution in [0.25, 0.3) is 15.5 Å². The molecule has 2 N–H and O–H groups in total. The minimum Gasteiger partial charge on any atom is -0.495 e. The number of nitrogens with one attached hydrogen (secondary N) is 2. The van der Waals surface area contributed by atoms with Crippen LogP contribution in [0.15, 0.2) is 47.3 Å². The lowest BCUT2D eigenvalue weighted by Crippen LogP contribution is -2.15. The Kier molecular flexibility index (Phi) is 4.84. The third kappa shape index (κ3) is 3.49. The van der Waals surface area contributed by atoms with Gasteiger partial charge in [-0.2, -0.15) is 0 Å². The molecule has 0 aliphatic heterocycles. The summed E-state index contributed by atoms with van der Waals surface area (Å²) in [5.74, 6) is 0.0139. The van der Waals surface area contributed by atoms with Crippen LogP contribution in [-0.2, 0) is 4.79 Å². The maximum atomic E-state index is 12.9. The largest absolute Gasteiger partial charge is 0.495 e. The first kappa shape index (κ1) is 18.2. The number of aromatic nitrogens is 2. The first-order valence-electron chi connectivity index (χ1n) is 8.32. The Morgan fingerprint density at radius 2 is 2.04 bits per heavy atom. The number of nitrogens with zero attached hydrogens (tertiary/aromatic N) is 2. The number of carbonyl (C=O) groups is 2. The SMILES string of the molecule is COc1ccc(NC(C)=O)cc1NC(=O)c1csc2nc(-c3cccs3)cn12. The van der Waals surface area contributed by atoms with Crippen molar-refractivity contribution < 1.29 is 14.3 Å². The van der Waals surface area contributed by atoms with E-state index in [9.17, 15) is 9.59 Å². The van der Waals surface area contributed by atoms with Gasteiger partial charge in [-0.15, -0.1) is 22.7 Å². The van der Waals surface area contributed by atoms with Crippen LogP contribution in [-0.4, -0.2) is 28.3 Å². The van der Waals surface area contributed by atoms with Gasteiger partial charge in [0.05, 0.1) is 17.7 Å². The van der Waals surface area contributed by atoms with Crippen molar-refractivity contribution in [3.05, 3.63) is 53.0 Å². The number of hydrogen-bond acceptors (Lipinski definition) is 6.